The number of allylic oxidation sites excluding steroid dienone is 1. The average molecular weight is 168 g/mol. The van der Waals surface area contributed by atoms with E-state index in [4.69, 9.17) is 5.73 Å². The summed E-state index contributed by atoms with van der Waals surface area (Å²) in [5.41, 5.74) is 6.75. The zero-order valence-electron chi connectivity index (χ0n) is 8.14. The van der Waals surface area contributed by atoms with Gasteiger partial charge < -0.3 is 11.1 Å². The Kier molecular flexibility index (Phi) is 3.45. The topological polar surface area (TPSA) is 38.0 Å². The van der Waals surface area contributed by atoms with Crippen molar-refractivity contribution in [1.82, 2.24) is 5.32 Å². The third kappa shape index (κ3) is 2.16. The van der Waals surface area contributed by atoms with Crippen molar-refractivity contribution in [3.8, 4) is 0 Å². The number of hydrogen-bond donors (Lipinski definition) is 2. The standard InChI is InChI=1S/C10H20N2/c1-8-3-5-9(6-4-8)10(7-11)12-2/h7-9,12H,3-6,11H2,1-2H3/b10-7-. The molecule has 0 saturated heterocycles. The summed E-state index contributed by atoms with van der Waals surface area (Å²) in [6, 6.07) is 0. The highest BCUT2D eigenvalue weighted by atomic mass is 14.9. The van der Waals surface area contributed by atoms with Crippen LogP contribution in [0, 0.1) is 11.8 Å². The van der Waals surface area contributed by atoms with Crippen molar-refractivity contribution in [2.75, 3.05) is 7.05 Å². The third-order valence-corrected chi connectivity index (χ3v) is 2.92. The van der Waals surface area contributed by atoms with E-state index in [2.05, 4.69) is 12.2 Å². The molecule has 1 fully saturated rings. The Labute approximate surface area is 75.2 Å². The van der Waals surface area contributed by atoms with E-state index in [1.165, 1.54) is 31.4 Å². The molecular formula is C10H20N2. The van der Waals surface area contributed by atoms with E-state index in [0.29, 0.717) is 5.92 Å². The smallest absolute Gasteiger partial charge is 0.0293 e. The molecule has 2 nitrogen and oxygen atoms in total. The van der Waals surface area contributed by atoms with Crippen molar-refractivity contribution in [3.05, 3.63) is 11.9 Å². The van der Waals surface area contributed by atoms with Gasteiger partial charge in [0.1, 0.15) is 0 Å². The van der Waals surface area contributed by atoms with Crippen LogP contribution in [0.3, 0.4) is 0 Å². The Bertz CT molecular complexity index is 155. The number of nitrogens with one attached hydrogen (secondary N) is 1. The lowest BCUT2D eigenvalue weighted by Crippen LogP contribution is -2.22. The van der Waals surface area contributed by atoms with Gasteiger partial charge in [-0.25, -0.2) is 0 Å². The molecule has 12 heavy (non-hydrogen) atoms. The van der Waals surface area contributed by atoms with E-state index in [0.717, 1.165) is 5.92 Å². The SMILES string of the molecule is CN/C(=C\N)C1CCC(C)CC1. The number of hydrogen-bond acceptors (Lipinski definition) is 2. The molecule has 2 heteroatoms. The Morgan fingerprint density at radius 1 is 1.33 bits per heavy atom. The molecule has 3 N–H and O–H groups in total. The van der Waals surface area contributed by atoms with Crippen molar-refractivity contribution in [2.24, 2.45) is 17.6 Å². The fourth-order valence-corrected chi connectivity index (χ4v) is 1.99. The minimum atomic E-state index is 0.691. The van der Waals surface area contributed by atoms with Crippen LogP contribution in [-0.4, -0.2) is 7.05 Å². The second kappa shape index (κ2) is 4.39. The minimum absolute atomic E-state index is 0.691. The molecule has 0 aromatic rings. The zero-order valence-corrected chi connectivity index (χ0v) is 8.14. The predicted octanol–water partition coefficient (Wildman–Crippen LogP) is 1.83. The highest BCUT2D eigenvalue weighted by Crippen LogP contribution is 2.31. The van der Waals surface area contributed by atoms with Crippen LogP contribution < -0.4 is 11.1 Å². The van der Waals surface area contributed by atoms with Gasteiger partial charge in [0.2, 0.25) is 0 Å². The molecule has 0 aliphatic heterocycles. The second-order valence-electron chi connectivity index (χ2n) is 3.83. The molecule has 1 aliphatic carbocycles. The van der Waals surface area contributed by atoms with E-state index in [1.807, 2.05) is 7.05 Å². The molecule has 0 heterocycles. The van der Waals surface area contributed by atoms with Gasteiger partial charge in [-0.05, 0) is 18.8 Å². The summed E-state index contributed by atoms with van der Waals surface area (Å²) in [7, 11) is 1.96. The molecule has 1 aliphatic rings. The average Bonchev–Trinajstić information content (AvgIpc) is 2.10. The van der Waals surface area contributed by atoms with Crippen LogP contribution in [0.4, 0.5) is 0 Å². The van der Waals surface area contributed by atoms with Gasteiger partial charge in [-0.1, -0.05) is 19.8 Å². The van der Waals surface area contributed by atoms with E-state index in [1.54, 1.807) is 6.20 Å². The highest BCUT2D eigenvalue weighted by Gasteiger charge is 2.20. The van der Waals surface area contributed by atoms with Crippen molar-refractivity contribution in [3.63, 3.8) is 0 Å². The van der Waals surface area contributed by atoms with Crippen LogP contribution >= 0.6 is 0 Å². The van der Waals surface area contributed by atoms with Crippen LogP contribution in [0.5, 0.6) is 0 Å². The van der Waals surface area contributed by atoms with Crippen LogP contribution in [-0.2, 0) is 0 Å². The van der Waals surface area contributed by atoms with Gasteiger partial charge >= 0.3 is 0 Å². The minimum Gasteiger partial charge on any atom is -0.403 e. The molecule has 0 radical (unpaired) electrons. The number of nitrogens with two attached hydrogens (primary N) is 1. The van der Waals surface area contributed by atoms with Crippen LogP contribution in [0.25, 0.3) is 0 Å². The lowest BCUT2D eigenvalue weighted by atomic mass is 9.81. The summed E-state index contributed by atoms with van der Waals surface area (Å²) in [5, 5.41) is 3.17. The monoisotopic (exact) mass is 168 g/mol. The maximum absolute atomic E-state index is 5.52. The Balaban J connectivity index is 2.43. The summed E-state index contributed by atoms with van der Waals surface area (Å²) in [5.74, 6) is 1.60. The molecule has 1 saturated carbocycles. The summed E-state index contributed by atoms with van der Waals surface area (Å²) in [6.45, 7) is 2.33. The first-order valence-electron chi connectivity index (χ1n) is 4.87. The van der Waals surface area contributed by atoms with Crippen LogP contribution in [0.1, 0.15) is 32.6 Å². The molecule has 0 aromatic heterocycles. The first kappa shape index (κ1) is 9.43. The van der Waals surface area contributed by atoms with Gasteiger partial charge in [0, 0.05) is 24.9 Å². The molecule has 0 amide bonds. The Morgan fingerprint density at radius 3 is 2.33 bits per heavy atom. The van der Waals surface area contributed by atoms with Gasteiger partial charge in [0.05, 0.1) is 0 Å². The molecule has 0 aromatic carbocycles. The van der Waals surface area contributed by atoms with Gasteiger partial charge in [0.15, 0.2) is 0 Å². The fourth-order valence-electron chi connectivity index (χ4n) is 1.99. The van der Waals surface area contributed by atoms with E-state index >= 15 is 0 Å². The molecule has 1 rings (SSSR count). The third-order valence-electron chi connectivity index (χ3n) is 2.92. The quantitative estimate of drug-likeness (QED) is 0.660. The predicted molar refractivity (Wildman–Crippen MR) is 52.5 cm³/mol. The normalized spacial score (nSPS) is 31.7. The summed E-state index contributed by atoms with van der Waals surface area (Å²) < 4.78 is 0. The van der Waals surface area contributed by atoms with Crippen LogP contribution in [0.15, 0.2) is 11.9 Å². The first-order valence-corrected chi connectivity index (χ1v) is 4.87. The maximum Gasteiger partial charge on any atom is 0.0293 e. The molecule has 0 spiro atoms. The maximum atomic E-state index is 5.52. The molecule has 70 valence electrons. The van der Waals surface area contributed by atoms with Crippen molar-refractivity contribution in [2.45, 2.75) is 32.6 Å². The van der Waals surface area contributed by atoms with E-state index in [9.17, 15) is 0 Å². The van der Waals surface area contributed by atoms with Gasteiger partial charge in [-0.3, -0.25) is 0 Å². The van der Waals surface area contributed by atoms with Crippen molar-refractivity contribution >= 4 is 0 Å². The van der Waals surface area contributed by atoms with Gasteiger partial charge in [-0.15, -0.1) is 0 Å². The lowest BCUT2D eigenvalue weighted by molar-refractivity contribution is 0.313. The van der Waals surface area contributed by atoms with Crippen LogP contribution in [0.2, 0.25) is 0 Å². The molecule has 0 atom stereocenters. The largest absolute Gasteiger partial charge is 0.403 e. The van der Waals surface area contributed by atoms with Gasteiger partial charge in [0.25, 0.3) is 0 Å². The van der Waals surface area contributed by atoms with Crippen molar-refractivity contribution in [1.29, 1.82) is 0 Å². The summed E-state index contributed by atoms with van der Waals surface area (Å²) in [6.07, 6.45) is 7.02. The molecular weight excluding hydrogens is 148 g/mol. The highest BCUT2D eigenvalue weighted by molar-refractivity contribution is 5.02. The zero-order chi connectivity index (χ0) is 8.97. The van der Waals surface area contributed by atoms with Crippen molar-refractivity contribution < 1.29 is 0 Å². The van der Waals surface area contributed by atoms with E-state index in [-0.39, 0.29) is 0 Å². The fraction of sp³-hybridized carbons (Fsp3) is 0.800. The summed E-state index contributed by atoms with van der Waals surface area (Å²) in [4.78, 5) is 0. The molecule has 0 unspecified atom stereocenters. The Morgan fingerprint density at radius 2 is 1.92 bits per heavy atom. The molecule has 0 bridgehead atoms. The first-order chi connectivity index (χ1) is 5.77. The Hall–Kier alpha value is -0.660. The summed E-state index contributed by atoms with van der Waals surface area (Å²) >= 11 is 0. The number of rotatable bonds is 2. The van der Waals surface area contributed by atoms with Gasteiger partial charge in [-0.2, -0.15) is 0 Å². The lowest BCUT2D eigenvalue weighted by Gasteiger charge is -2.27. The van der Waals surface area contributed by atoms with E-state index < -0.39 is 0 Å². The second-order valence-corrected chi connectivity index (χ2v) is 3.83.